The Bertz CT molecular complexity index is 844. The number of rotatable bonds is 43. The summed E-state index contributed by atoms with van der Waals surface area (Å²) >= 11 is 0. The second kappa shape index (κ2) is 40.6. The fraction of sp³-hybridized carbons (Fsp3) is 0.958. The molecule has 0 bridgehead atoms. The first-order valence-corrected chi connectivity index (χ1v) is 24.6. The zero-order valence-corrected chi connectivity index (χ0v) is 37.5. The van der Waals surface area contributed by atoms with Crippen molar-refractivity contribution in [2.24, 2.45) is 0 Å². The Morgan fingerprint density at radius 3 is 1.50 bits per heavy atom. The monoisotopic (exact) mass is 795 g/mol. The maximum atomic E-state index is 12.8. The van der Waals surface area contributed by atoms with Crippen LogP contribution in [0.2, 0.25) is 0 Å². The van der Waals surface area contributed by atoms with E-state index in [1.807, 2.05) is 4.90 Å². The summed E-state index contributed by atoms with van der Waals surface area (Å²) in [5.74, 6) is -0.00717. The summed E-state index contributed by atoms with van der Waals surface area (Å²) in [7, 11) is 0. The molecule has 0 aromatic rings. The first-order chi connectivity index (χ1) is 27.5. The molecule has 56 heavy (non-hydrogen) atoms. The maximum absolute atomic E-state index is 12.8. The van der Waals surface area contributed by atoms with Crippen molar-refractivity contribution < 1.29 is 28.9 Å². The standard InChI is InChI=1S/C48H94N2O6/c1-4-7-10-13-16-25-32-43-54-46(51)36-28-21-17-23-30-38-49(40-33-41-50-42-44-55-48(50)53)39-31-24-18-22-29-37-47(52)56-45(34-26-19-14-11-8-5-2)35-27-20-15-12-9-6-3/h45,48,53H,4-44H2,1-3H3. The molecular weight excluding hydrogens is 701 g/mol. The molecule has 332 valence electrons. The zero-order chi connectivity index (χ0) is 40.6. The molecule has 1 aliphatic heterocycles. The van der Waals surface area contributed by atoms with Crippen molar-refractivity contribution in [3.05, 3.63) is 0 Å². The van der Waals surface area contributed by atoms with Gasteiger partial charge in [-0.1, -0.05) is 162 Å². The largest absolute Gasteiger partial charge is 0.466 e. The van der Waals surface area contributed by atoms with E-state index in [0.717, 1.165) is 90.5 Å². The summed E-state index contributed by atoms with van der Waals surface area (Å²) < 4.78 is 16.8. The molecule has 0 aliphatic carbocycles. The zero-order valence-electron chi connectivity index (χ0n) is 37.5. The van der Waals surface area contributed by atoms with Gasteiger partial charge in [-0.05, 0) is 83.8 Å². The minimum atomic E-state index is -0.746. The Labute approximate surface area is 347 Å². The van der Waals surface area contributed by atoms with Crippen LogP contribution >= 0.6 is 0 Å². The average molecular weight is 795 g/mol. The number of nitrogens with zero attached hydrogens (tertiary/aromatic N) is 2. The van der Waals surface area contributed by atoms with E-state index in [1.54, 1.807) is 0 Å². The van der Waals surface area contributed by atoms with Gasteiger partial charge in [-0.15, -0.1) is 0 Å². The van der Waals surface area contributed by atoms with Gasteiger partial charge in [0.15, 0.2) is 0 Å². The quantitative estimate of drug-likeness (QED) is 0.0482. The fourth-order valence-electron chi connectivity index (χ4n) is 7.95. The molecule has 0 saturated carbocycles. The third-order valence-corrected chi connectivity index (χ3v) is 11.7. The van der Waals surface area contributed by atoms with Gasteiger partial charge in [0.2, 0.25) is 6.41 Å². The van der Waals surface area contributed by atoms with E-state index < -0.39 is 6.41 Å². The molecule has 1 atom stereocenters. The fourth-order valence-corrected chi connectivity index (χ4v) is 7.95. The lowest BCUT2D eigenvalue weighted by Crippen LogP contribution is -2.34. The van der Waals surface area contributed by atoms with E-state index >= 15 is 0 Å². The summed E-state index contributed by atoms with van der Waals surface area (Å²) in [6, 6.07) is 0. The van der Waals surface area contributed by atoms with Crippen LogP contribution in [0.25, 0.3) is 0 Å². The smallest absolute Gasteiger partial charge is 0.306 e. The number of ether oxygens (including phenoxy) is 3. The SMILES string of the molecule is CCCCCCCCCOC(=O)CCCCCCCN(CCCCCCCC(=O)OC(CCCCCCCC)CCCCCCCC)CCCN1CCOC1O. The molecule has 1 saturated heterocycles. The van der Waals surface area contributed by atoms with Crippen molar-refractivity contribution in [3.63, 3.8) is 0 Å². The highest BCUT2D eigenvalue weighted by Gasteiger charge is 2.22. The Morgan fingerprint density at radius 1 is 0.571 bits per heavy atom. The predicted molar refractivity (Wildman–Crippen MR) is 235 cm³/mol. The molecule has 1 heterocycles. The molecule has 1 fully saturated rings. The van der Waals surface area contributed by atoms with E-state index in [-0.39, 0.29) is 18.0 Å². The Kier molecular flexibility index (Phi) is 38.2. The van der Waals surface area contributed by atoms with E-state index in [2.05, 4.69) is 25.7 Å². The van der Waals surface area contributed by atoms with Gasteiger partial charge in [-0.25, -0.2) is 0 Å². The molecule has 1 aliphatic rings. The molecule has 0 aromatic heterocycles. The molecule has 8 heteroatoms. The Hall–Kier alpha value is -1.22. The van der Waals surface area contributed by atoms with E-state index in [4.69, 9.17) is 14.2 Å². The summed E-state index contributed by atoms with van der Waals surface area (Å²) in [6.07, 6.45) is 38.7. The number of carbonyl (C=O) groups is 2. The topological polar surface area (TPSA) is 88.5 Å². The molecule has 1 rings (SSSR count). The number of aliphatic hydroxyl groups excluding tert-OH is 1. The molecule has 1 N–H and O–H groups in total. The molecule has 0 amide bonds. The van der Waals surface area contributed by atoms with Crippen LogP contribution in [-0.2, 0) is 23.8 Å². The first kappa shape index (κ1) is 52.8. The molecule has 0 radical (unpaired) electrons. The highest BCUT2D eigenvalue weighted by atomic mass is 16.6. The lowest BCUT2D eigenvalue weighted by Gasteiger charge is -2.24. The van der Waals surface area contributed by atoms with Crippen LogP contribution in [0.3, 0.4) is 0 Å². The van der Waals surface area contributed by atoms with Crippen LogP contribution in [-0.4, -0.2) is 85.3 Å². The predicted octanol–water partition coefficient (Wildman–Crippen LogP) is 12.7. The van der Waals surface area contributed by atoms with Crippen LogP contribution < -0.4 is 0 Å². The molecule has 8 nitrogen and oxygen atoms in total. The van der Waals surface area contributed by atoms with Crippen LogP contribution in [0, 0.1) is 0 Å². The van der Waals surface area contributed by atoms with Gasteiger partial charge in [0.25, 0.3) is 0 Å². The van der Waals surface area contributed by atoms with E-state index in [9.17, 15) is 14.7 Å². The van der Waals surface area contributed by atoms with E-state index in [1.165, 1.54) is 148 Å². The van der Waals surface area contributed by atoms with Crippen molar-refractivity contribution in [1.29, 1.82) is 0 Å². The van der Waals surface area contributed by atoms with Gasteiger partial charge in [0, 0.05) is 25.9 Å². The minimum Gasteiger partial charge on any atom is -0.466 e. The number of aliphatic hydroxyl groups is 1. The Morgan fingerprint density at radius 2 is 1.00 bits per heavy atom. The molecular formula is C48H94N2O6. The molecule has 0 spiro atoms. The Balaban J connectivity index is 2.26. The van der Waals surface area contributed by atoms with E-state index in [0.29, 0.717) is 26.1 Å². The van der Waals surface area contributed by atoms with Crippen molar-refractivity contribution in [3.8, 4) is 0 Å². The number of unbranched alkanes of at least 4 members (excludes halogenated alkanes) is 24. The van der Waals surface area contributed by atoms with Crippen LogP contribution in [0.5, 0.6) is 0 Å². The summed E-state index contributed by atoms with van der Waals surface area (Å²) in [4.78, 5) is 29.6. The second-order valence-corrected chi connectivity index (χ2v) is 17.0. The number of carbonyl (C=O) groups excluding carboxylic acids is 2. The number of esters is 2. The summed E-state index contributed by atoms with van der Waals surface area (Å²) in [5, 5.41) is 10.0. The molecule has 0 aromatic carbocycles. The number of hydrogen-bond acceptors (Lipinski definition) is 8. The van der Waals surface area contributed by atoms with Crippen LogP contribution in [0.15, 0.2) is 0 Å². The average Bonchev–Trinajstić information content (AvgIpc) is 3.61. The molecule has 1 unspecified atom stereocenters. The third kappa shape index (κ3) is 33.7. The first-order valence-electron chi connectivity index (χ1n) is 24.6. The summed E-state index contributed by atoms with van der Waals surface area (Å²) in [5.41, 5.74) is 0. The van der Waals surface area contributed by atoms with Gasteiger partial charge in [0.05, 0.1) is 13.2 Å². The minimum absolute atomic E-state index is 0.0189. The van der Waals surface area contributed by atoms with Crippen molar-refractivity contribution in [2.75, 3.05) is 45.9 Å². The normalized spacial score (nSPS) is 14.7. The van der Waals surface area contributed by atoms with Crippen LogP contribution in [0.4, 0.5) is 0 Å². The van der Waals surface area contributed by atoms with Crippen LogP contribution in [0.1, 0.15) is 239 Å². The van der Waals surface area contributed by atoms with Gasteiger partial charge in [0.1, 0.15) is 6.10 Å². The van der Waals surface area contributed by atoms with Gasteiger partial charge >= 0.3 is 11.9 Å². The van der Waals surface area contributed by atoms with Crippen molar-refractivity contribution in [1.82, 2.24) is 9.80 Å². The lowest BCUT2D eigenvalue weighted by molar-refractivity contribution is -0.150. The van der Waals surface area contributed by atoms with Gasteiger partial charge in [-0.3, -0.25) is 14.5 Å². The van der Waals surface area contributed by atoms with Crippen molar-refractivity contribution >= 4 is 11.9 Å². The van der Waals surface area contributed by atoms with Gasteiger partial charge < -0.3 is 24.2 Å². The number of hydrogen-bond donors (Lipinski definition) is 1. The van der Waals surface area contributed by atoms with Gasteiger partial charge in [-0.2, -0.15) is 0 Å². The third-order valence-electron chi connectivity index (χ3n) is 11.7. The highest BCUT2D eigenvalue weighted by molar-refractivity contribution is 5.69. The lowest BCUT2D eigenvalue weighted by atomic mass is 10.0. The highest BCUT2D eigenvalue weighted by Crippen LogP contribution is 2.19. The van der Waals surface area contributed by atoms with Crippen molar-refractivity contribution in [2.45, 2.75) is 252 Å². The second-order valence-electron chi connectivity index (χ2n) is 17.0. The summed E-state index contributed by atoms with van der Waals surface area (Å²) in [6.45, 7) is 12.9. The maximum Gasteiger partial charge on any atom is 0.306 e.